The van der Waals surface area contributed by atoms with Crippen LogP contribution in [0.5, 0.6) is 23.0 Å². The number of likely N-dealkylation sites (tertiary alicyclic amines) is 2. The van der Waals surface area contributed by atoms with Gasteiger partial charge >= 0.3 is 12.4 Å². The Morgan fingerprint density at radius 3 is 1.70 bits per heavy atom. The molecule has 4 aromatic carbocycles. The van der Waals surface area contributed by atoms with Gasteiger partial charge in [-0.25, -0.2) is 23.7 Å². The van der Waals surface area contributed by atoms with Gasteiger partial charge in [0.1, 0.15) is 52.0 Å². The lowest BCUT2D eigenvalue weighted by molar-refractivity contribution is -0.138. The lowest BCUT2D eigenvalue weighted by atomic mass is 10.2. The van der Waals surface area contributed by atoms with Crippen molar-refractivity contribution in [3.8, 4) is 23.0 Å². The summed E-state index contributed by atoms with van der Waals surface area (Å²) < 4.78 is 116. The molecule has 2 fully saturated rings. The van der Waals surface area contributed by atoms with E-state index in [1.54, 1.807) is 78.6 Å². The van der Waals surface area contributed by atoms with E-state index in [1.807, 2.05) is 21.9 Å². The van der Waals surface area contributed by atoms with Crippen LogP contribution in [0, 0.1) is 11.6 Å². The number of carbonyl (C=O) groups is 2. The lowest BCUT2D eigenvalue weighted by Crippen LogP contribution is -2.38. The second-order valence-corrected chi connectivity index (χ2v) is 18.5. The normalized spacial score (nSPS) is 14.8. The number of amides is 2. The van der Waals surface area contributed by atoms with E-state index < -0.39 is 40.8 Å². The number of nitrogens with one attached hydrogen (secondary N) is 4. The number of aliphatic hydroxyl groups excluding tert-OH is 2. The largest absolute Gasteiger partial charge is 0.457 e. The Morgan fingerprint density at radius 2 is 1.20 bits per heavy atom. The van der Waals surface area contributed by atoms with E-state index in [0.29, 0.717) is 81.7 Å². The molecule has 8 N–H and O–H groups in total. The summed E-state index contributed by atoms with van der Waals surface area (Å²) in [7, 11) is 3.45. The van der Waals surface area contributed by atoms with Crippen molar-refractivity contribution in [2.75, 3.05) is 73.4 Å². The molecule has 2 amide bonds. The van der Waals surface area contributed by atoms with Gasteiger partial charge < -0.3 is 51.3 Å². The molecule has 0 aliphatic carbocycles. The smallest absolute Gasteiger partial charge is 0.416 e. The molecule has 0 bridgehead atoms. The number of pyridine rings is 2. The molecule has 0 spiro atoms. The highest BCUT2D eigenvalue weighted by atomic mass is 32.1. The number of aryl methyl sites for hydroxylation is 1. The van der Waals surface area contributed by atoms with E-state index in [1.165, 1.54) is 6.20 Å². The number of aliphatic imine (C=N–C) groups is 1. The molecule has 2 saturated heterocycles. The molecule has 452 valence electrons. The Kier molecular flexibility index (Phi) is 25.0. The summed E-state index contributed by atoms with van der Waals surface area (Å²) >= 11 is 4.17. The van der Waals surface area contributed by atoms with Crippen LogP contribution in [-0.2, 0) is 29.0 Å². The first-order valence-corrected chi connectivity index (χ1v) is 25.2. The molecule has 0 radical (unpaired) electrons. The molecule has 0 saturated carbocycles. The number of aliphatic hydroxyl groups is 2. The molecule has 3 aromatic heterocycles. The molecule has 2 atom stereocenters. The van der Waals surface area contributed by atoms with Crippen molar-refractivity contribution >= 4 is 80.6 Å². The molecular formula is C57H66F8N12O6S. The maximum atomic E-state index is 14.3. The van der Waals surface area contributed by atoms with Gasteiger partial charge in [0.25, 0.3) is 0 Å². The van der Waals surface area contributed by atoms with Crippen molar-refractivity contribution in [3.05, 3.63) is 132 Å². The molecule has 27 heteroatoms. The van der Waals surface area contributed by atoms with Gasteiger partial charge in [-0.15, -0.1) is 0 Å². The van der Waals surface area contributed by atoms with Crippen molar-refractivity contribution in [2.45, 2.75) is 72.4 Å². The molecule has 7 aromatic rings. The summed E-state index contributed by atoms with van der Waals surface area (Å²) in [6, 6.07) is 21.0. The molecule has 18 nitrogen and oxygen atoms in total. The predicted molar refractivity (Wildman–Crippen MR) is 311 cm³/mol. The van der Waals surface area contributed by atoms with E-state index in [9.17, 15) is 54.9 Å². The first-order valence-electron chi connectivity index (χ1n) is 24.8. The van der Waals surface area contributed by atoms with Gasteiger partial charge in [0.2, 0.25) is 17.8 Å². The summed E-state index contributed by atoms with van der Waals surface area (Å²) in [4.78, 5) is 44.6. The van der Waals surface area contributed by atoms with E-state index >= 15 is 0 Å². The second-order valence-electron chi connectivity index (χ2n) is 18.3. The second kappa shape index (κ2) is 30.8. The number of nitrogen functional groups attached to an aromatic ring is 1. The zero-order valence-corrected chi connectivity index (χ0v) is 44.1. The fourth-order valence-electron chi connectivity index (χ4n) is 8.64. The Bertz CT molecular complexity index is 3380. The quantitative estimate of drug-likeness (QED) is 0.0207. The monoisotopic (exact) mass is 1200 g/mol. The van der Waals surface area contributed by atoms with Crippen molar-refractivity contribution < 1.29 is 64.4 Å². The number of nitrogens with zero attached hydrogens (tertiary/aromatic N) is 7. The summed E-state index contributed by atoms with van der Waals surface area (Å²) in [5.74, 6) is 0.680. The number of ether oxygens (including phenoxy) is 2. The van der Waals surface area contributed by atoms with Gasteiger partial charge in [0.05, 0.1) is 70.7 Å². The number of imidazole rings is 1. The number of halogens is 8. The molecule has 9 rings (SSSR count). The van der Waals surface area contributed by atoms with Gasteiger partial charge in [-0.05, 0) is 124 Å². The zero-order valence-electron chi connectivity index (χ0n) is 43.3. The van der Waals surface area contributed by atoms with Crippen LogP contribution in [0.2, 0.25) is 0 Å². The molecule has 84 heavy (non-hydrogen) atoms. The van der Waals surface area contributed by atoms with Gasteiger partial charge in [0.15, 0.2) is 0 Å². The SMILES string of the molecule is C.C.C.CNc1ccc(Oc2ccnc(NC(=O)CN3CCC[C@H]3CO)c2)cc1N.Cn1c(Nc2cc(C(F)(F)F)ccc2F)nc2cc(Oc3ccnc(NC(=O)CN4CCC[C@H]4CO)c3)ccc21.Fc1ccc(C(F)(F)F)cc1N=C=S. The third-order valence-corrected chi connectivity index (χ3v) is 12.8. The number of alkyl halides is 6. The highest BCUT2D eigenvalue weighted by Crippen LogP contribution is 2.36. The van der Waals surface area contributed by atoms with Crippen LogP contribution in [0.3, 0.4) is 0 Å². The van der Waals surface area contributed by atoms with Crippen molar-refractivity contribution in [1.82, 2.24) is 29.3 Å². The minimum Gasteiger partial charge on any atom is -0.457 e. The molecule has 2 aliphatic heterocycles. The van der Waals surface area contributed by atoms with Crippen LogP contribution >= 0.6 is 12.2 Å². The Balaban J connectivity index is 0.000000297. The third kappa shape index (κ3) is 18.6. The average Bonchev–Trinajstić information content (AvgIpc) is 3.70. The number of carbonyl (C=O) groups excluding carboxylic acids is 2. The Hall–Kier alpha value is -8.33. The first kappa shape index (κ1) is 68.2. The van der Waals surface area contributed by atoms with E-state index in [2.05, 4.69) is 53.4 Å². The number of anilines is 6. The third-order valence-electron chi connectivity index (χ3n) is 12.7. The highest BCUT2D eigenvalue weighted by Gasteiger charge is 2.33. The molecule has 0 unspecified atom stereocenters. The number of thiocarbonyl (C=S) groups is 1. The van der Waals surface area contributed by atoms with Crippen LogP contribution < -0.4 is 36.5 Å². The first-order chi connectivity index (χ1) is 38.6. The molecule has 2 aliphatic rings. The van der Waals surface area contributed by atoms with Gasteiger partial charge in [-0.1, -0.05) is 22.3 Å². The number of rotatable bonds is 16. The number of hydrogen-bond acceptors (Lipinski definition) is 16. The number of hydrogen-bond donors (Lipinski definition) is 7. The minimum atomic E-state index is -4.62. The summed E-state index contributed by atoms with van der Waals surface area (Å²) in [6.07, 6.45) is -2.37. The van der Waals surface area contributed by atoms with Crippen LogP contribution in [0.1, 0.15) is 59.1 Å². The minimum absolute atomic E-state index is 0. The summed E-state index contributed by atoms with van der Waals surface area (Å²) in [5, 5.41) is 31.8. The van der Waals surface area contributed by atoms with Crippen LogP contribution in [0.25, 0.3) is 11.0 Å². The lowest BCUT2D eigenvalue weighted by Gasteiger charge is -2.21. The topological polar surface area (TPSA) is 230 Å². The molecular weight excluding hydrogens is 1130 g/mol. The number of benzene rings is 4. The highest BCUT2D eigenvalue weighted by molar-refractivity contribution is 7.78. The van der Waals surface area contributed by atoms with Crippen molar-refractivity contribution in [2.24, 2.45) is 12.0 Å². The summed E-state index contributed by atoms with van der Waals surface area (Å²) in [6.45, 7) is 2.03. The maximum absolute atomic E-state index is 14.3. The van der Waals surface area contributed by atoms with Gasteiger partial charge in [-0.2, -0.15) is 31.3 Å². The average molecular weight is 1200 g/mol. The predicted octanol–water partition coefficient (Wildman–Crippen LogP) is 12.4. The number of nitrogens with two attached hydrogens (primary N) is 1. The fourth-order valence-corrected chi connectivity index (χ4v) is 8.74. The Labute approximate surface area is 485 Å². The number of aromatic nitrogens is 4. The van der Waals surface area contributed by atoms with Crippen molar-refractivity contribution in [1.29, 1.82) is 0 Å². The fraction of sp³-hybridized carbons (Fsp3) is 0.333. The standard InChI is InChI=1S/C27H26F4N6O3.C19H25N5O3.C8H3F4NS.3CH4/c1-36-23-7-5-18(12-22(23)34-26(36)33-21-11-16(27(29,30)31)4-6-20(21)28)40-19-8-9-32-24(13-19)35-25(39)14-37-10-2-3-17(37)15-38;1-21-17-5-4-14(9-16(17)20)27-15-6-7-22-18(10-15)23-19(26)11-24-8-2-3-13(24)12-25;9-6-2-1-5(8(10,11)12)3-7(6)13-4-14;;;/h4-9,11-13,17,38H,2-3,10,14-15H2,1H3,(H,33,34)(H,32,35,39);4-7,9-10,13,21,25H,2-3,8,11-12,20H2,1H3,(H,22,23,26);1-3H;3*1H4/t17-;13-;;;;/m00..../s1. The number of isothiocyanates is 1. The van der Waals surface area contributed by atoms with E-state index in [0.717, 1.165) is 50.5 Å². The summed E-state index contributed by atoms with van der Waals surface area (Å²) in [5.41, 5.74) is 5.68. The van der Waals surface area contributed by atoms with Crippen LogP contribution in [0.15, 0.2) is 114 Å². The van der Waals surface area contributed by atoms with E-state index in [-0.39, 0.29) is 84.1 Å². The van der Waals surface area contributed by atoms with Crippen LogP contribution in [-0.4, -0.2) is 115 Å². The number of fused-ring (bicyclic) bond motifs is 1. The Morgan fingerprint density at radius 1 is 0.702 bits per heavy atom. The maximum Gasteiger partial charge on any atom is 0.416 e. The van der Waals surface area contributed by atoms with E-state index in [4.69, 9.17) is 15.2 Å². The molecule has 5 heterocycles. The van der Waals surface area contributed by atoms with Crippen LogP contribution in [0.4, 0.5) is 75.5 Å². The van der Waals surface area contributed by atoms with Gasteiger partial charge in [0, 0.05) is 62.8 Å². The zero-order chi connectivity index (χ0) is 58.4. The van der Waals surface area contributed by atoms with Gasteiger partial charge in [-0.3, -0.25) is 19.4 Å². The van der Waals surface area contributed by atoms with Crippen molar-refractivity contribution in [3.63, 3.8) is 0 Å².